The molecule has 0 aromatic heterocycles. The van der Waals surface area contributed by atoms with Gasteiger partial charge >= 0.3 is 0 Å². The molecule has 0 amide bonds. The molecule has 0 aliphatic heterocycles. The van der Waals surface area contributed by atoms with Crippen LogP contribution >= 0.6 is 11.6 Å². The Balaban J connectivity index is 2.22. The molecule has 2 rings (SSSR count). The first-order chi connectivity index (χ1) is 10.0. The van der Waals surface area contributed by atoms with Crippen molar-refractivity contribution in [2.24, 2.45) is 0 Å². The van der Waals surface area contributed by atoms with E-state index in [-0.39, 0.29) is 11.4 Å². The van der Waals surface area contributed by atoms with Crippen LogP contribution in [-0.2, 0) is 6.54 Å². The van der Waals surface area contributed by atoms with Crippen molar-refractivity contribution < 1.29 is 14.1 Å². The SMILES string of the molecule is CNCc1ccc(Oc2ccc([N+](=O)[O-])cc2F)cc1Cl. The van der Waals surface area contributed by atoms with Crippen LogP contribution < -0.4 is 10.1 Å². The molecule has 0 aliphatic rings. The largest absolute Gasteiger partial charge is 0.454 e. The summed E-state index contributed by atoms with van der Waals surface area (Å²) < 4.78 is 19.1. The molecular formula is C14H12ClFN2O3. The van der Waals surface area contributed by atoms with Crippen LogP contribution in [0.2, 0.25) is 5.02 Å². The van der Waals surface area contributed by atoms with Crippen molar-refractivity contribution in [2.45, 2.75) is 6.54 Å². The molecular weight excluding hydrogens is 299 g/mol. The highest BCUT2D eigenvalue weighted by molar-refractivity contribution is 6.31. The summed E-state index contributed by atoms with van der Waals surface area (Å²) in [5, 5.41) is 14.0. The van der Waals surface area contributed by atoms with Gasteiger partial charge in [-0.2, -0.15) is 0 Å². The number of hydrogen-bond donors (Lipinski definition) is 1. The fraction of sp³-hybridized carbons (Fsp3) is 0.143. The fourth-order valence-corrected chi connectivity index (χ4v) is 1.98. The molecule has 5 nitrogen and oxygen atoms in total. The quantitative estimate of drug-likeness (QED) is 0.672. The lowest BCUT2D eigenvalue weighted by atomic mass is 10.2. The van der Waals surface area contributed by atoms with Crippen LogP contribution in [0, 0.1) is 15.9 Å². The average molecular weight is 311 g/mol. The number of ether oxygens (including phenoxy) is 1. The Labute approximate surface area is 125 Å². The van der Waals surface area contributed by atoms with Crippen LogP contribution in [0.4, 0.5) is 10.1 Å². The number of halogens is 2. The molecule has 1 N–H and O–H groups in total. The first kappa shape index (κ1) is 15.2. The molecule has 7 heteroatoms. The third kappa shape index (κ3) is 3.68. The molecule has 0 radical (unpaired) electrons. The van der Waals surface area contributed by atoms with E-state index in [1.54, 1.807) is 25.2 Å². The molecule has 0 atom stereocenters. The van der Waals surface area contributed by atoms with E-state index < -0.39 is 10.7 Å². The van der Waals surface area contributed by atoms with Gasteiger partial charge in [-0.3, -0.25) is 10.1 Å². The third-order valence-electron chi connectivity index (χ3n) is 2.75. The van der Waals surface area contributed by atoms with Crippen molar-refractivity contribution >= 4 is 17.3 Å². The summed E-state index contributed by atoms with van der Waals surface area (Å²) in [6.45, 7) is 0.602. The number of nitrogens with one attached hydrogen (secondary N) is 1. The van der Waals surface area contributed by atoms with Crippen molar-refractivity contribution in [2.75, 3.05) is 7.05 Å². The summed E-state index contributed by atoms with van der Waals surface area (Å²) in [5.41, 5.74) is 0.554. The van der Waals surface area contributed by atoms with E-state index in [2.05, 4.69) is 5.32 Å². The molecule has 0 spiro atoms. The number of hydrogen-bond acceptors (Lipinski definition) is 4. The van der Waals surface area contributed by atoms with E-state index in [0.29, 0.717) is 17.3 Å². The molecule has 0 saturated carbocycles. The number of rotatable bonds is 5. The Morgan fingerprint density at radius 2 is 2.10 bits per heavy atom. The molecule has 0 unspecified atom stereocenters. The maximum Gasteiger partial charge on any atom is 0.272 e. The highest BCUT2D eigenvalue weighted by Crippen LogP contribution is 2.30. The molecule has 2 aromatic rings. The average Bonchev–Trinajstić information content (AvgIpc) is 2.44. The van der Waals surface area contributed by atoms with Crippen molar-refractivity contribution in [3.63, 3.8) is 0 Å². The van der Waals surface area contributed by atoms with Gasteiger partial charge in [-0.25, -0.2) is 4.39 Å². The van der Waals surface area contributed by atoms with Crippen molar-refractivity contribution in [3.8, 4) is 11.5 Å². The van der Waals surface area contributed by atoms with Gasteiger partial charge in [0.1, 0.15) is 5.75 Å². The van der Waals surface area contributed by atoms with Gasteiger partial charge in [-0.1, -0.05) is 17.7 Å². The van der Waals surface area contributed by atoms with E-state index in [4.69, 9.17) is 16.3 Å². The maximum atomic E-state index is 13.7. The van der Waals surface area contributed by atoms with Crippen LogP contribution in [0.3, 0.4) is 0 Å². The summed E-state index contributed by atoms with van der Waals surface area (Å²) in [6.07, 6.45) is 0. The Bertz CT molecular complexity index is 679. The lowest BCUT2D eigenvalue weighted by Crippen LogP contribution is -2.05. The highest BCUT2D eigenvalue weighted by Gasteiger charge is 2.12. The van der Waals surface area contributed by atoms with Gasteiger partial charge in [0, 0.05) is 17.6 Å². The second-order valence-corrected chi connectivity index (χ2v) is 4.66. The monoisotopic (exact) mass is 310 g/mol. The number of non-ortho nitro benzene ring substituents is 1. The summed E-state index contributed by atoms with van der Waals surface area (Å²) in [4.78, 5) is 9.87. The van der Waals surface area contributed by atoms with E-state index >= 15 is 0 Å². The number of nitrogens with zero attached hydrogens (tertiary/aromatic N) is 1. The molecule has 2 aromatic carbocycles. The van der Waals surface area contributed by atoms with E-state index in [0.717, 1.165) is 11.6 Å². The van der Waals surface area contributed by atoms with Gasteiger partial charge in [0.05, 0.1) is 11.0 Å². The first-order valence-electron chi connectivity index (χ1n) is 6.06. The van der Waals surface area contributed by atoms with Gasteiger partial charge in [0.15, 0.2) is 11.6 Å². The molecule has 0 bridgehead atoms. The third-order valence-corrected chi connectivity index (χ3v) is 3.10. The zero-order valence-electron chi connectivity index (χ0n) is 11.1. The molecule has 0 saturated heterocycles. The number of nitro benzene ring substituents is 1. The highest BCUT2D eigenvalue weighted by atomic mass is 35.5. The normalized spacial score (nSPS) is 10.4. The van der Waals surface area contributed by atoms with Crippen molar-refractivity contribution in [1.29, 1.82) is 0 Å². The van der Waals surface area contributed by atoms with Crippen LogP contribution in [-0.4, -0.2) is 12.0 Å². The Hall–Kier alpha value is -2.18. The topological polar surface area (TPSA) is 64.4 Å². The minimum Gasteiger partial charge on any atom is -0.454 e. The van der Waals surface area contributed by atoms with Gasteiger partial charge in [-0.15, -0.1) is 0 Å². The van der Waals surface area contributed by atoms with Crippen molar-refractivity contribution in [3.05, 3.63) is 62.9 Å². The lowest BCUT2D eigenvalue weighted by Gasteiger charge is -2.09. The molecule has 0 aliphatic carbocycles. The number of nitro groups is 1. The predicted molar refractivity (Wildman–Crippen MR) is 77.3 cm³/mol. The van der Waals surface area contributed by atoms with E-state index in [1.807, 2.05) is 0 Å². The molecule has 0 heterocycles. The molecule has 110 valence electrons. The minimum atomic E-state index is -0.806. The van der Waals surface area contributed by atoms with E-state index in [9.17, 15) is 14.5 Å². The standard InChI is InChI=1S/C14H12ClFN2O3/c1-17-8-9-2-4-11(7-12(9)15)21-14-5-3-10(18(19)20)6-13(14)16/h2-7,17H,8H2,1H3. The van der Waals surface area contributed by atoms with Crippen LogP contribution in [0.15, 0.2) is 36.4 Å². The van der Waals surface area contributed by atoms with Crippen LogP contribution in [0.5, 0.6) is 11.5 Å². The zero-order chi connectivity index (χ0) is 15.4. The lowest BCUT2D eigenvalue weighted by molar-refractivity contribution is -0.385. The van der Waals surface area contributed by atoms with Crippen molar-refractivity contribution in [1.82, 2.24) is 5.32 Å². The number of benzene rings is 2. The Morgan fingerprint density at radius 3 is 2.67 bits per heavy atom. The first-order valence-corrected chi connectivity index (χ1v) is 6.44. The van der Waals surface area contributed by atoms with Crippen LogP contribution in [0.1, 0.15) is 5.56 Å². The second-order valence-electron chi connectivity index (χ2n) is 4.26. The smallest absolute Gasteiger partial charge is 0.272 e. The maximum absolute atomic E-state index is 13.7. The summed E-state index contributed by atoms with van der Waals surface area (Å²) in [7, 11) is 1.80. The van der Waals surface area contributed by atoms with Crippen LogP contribution in [0.25, 0.3) is 0 Å². The summed E-state index contributed by atoms with van der Waals surface area (Å²) in [5.74, 6) is -0.551. The predicted octanol–water partition coefficient (Wildman–Crippen LogP) is 3.90. The van der Waals surface area contributed by atoms with Gasteiger partial charge < -0.3 is 10.1 Å². The van der Waals surface area contributed by atoms with Gasteiger partial charge in [-0.05, 0) is 30.8 Å². The summed E-state index contributed by atoms with van der Waals surface area (Å²) >= 11 is 6.08. The molecule has 0 fully saturated rings. The minimum absolute atomic E-state index is 0.0990. The van der Waals surface area contributed by atoms with E-state index in [1.165, 1.54) is 12.1 Å². The Morgan fingerprint density at radius 1 is 1.33 bits per heavy atom. The zero-order valence-corrected chi connectivity index (χ0v) is 11.9. The Kier molecular flexibility index (Phi) is 4.72. The summed E-state index contributed by atoms with van der Waals surface area (Å²) in [6, 6.07) is 8.18. The fourth-order valence-electron chi connectivity index (χ4n) is 1.74. The second kappa shape index (κ2) is 6.51. The van der Waals surface area contributed by atoms with Gasteiger partial charge in [0.25, 0.3) is 5.69 Å². The molecule has 21 heavy (non-hydrogen) atoms. The van der Waals surface area contributed by atoms with Gasteiger partial charge in [0.2, 0.25) is 0 Å².